The molecular formula is C24H29ClN8. The molecule has 1 fully saturated rings. The highest BCUT2D eigenvalue weighted by atomic mass is 35.5. The first-order valence-electron chi connectivity index (χ1n) is 11.1. The van der Waals surface area contributed by atoms with Gasteiger partial charge >= 0.3 is 0 Å². The van der Waals surface area contributed by atoms with Crippen LogP contribution in [0.25, 0.3) is 22.3 Å². The number of aromatic nitrogens is 5. The first-order chi connectivity index (χ1) is 15.6. The molecule has 1 aliphatic rings. The van der Waals surface area contributed by atoms with E-state index in [-0.39, 0.29) is 12.4 Å². The molecule has 0 bridgehead atoms. The lowest BCUT2D eigenvalue weighted by molar-refractivity contribution is 0.233. The number of fused-ring (bicyclic) bond motifs is 1. The average Bonchev–Trinajstić information content (AvgIpc) is 3.21. The smallest absolute Gasteiger partial charge is 0.206 e. The molecule has 0 atom stereocenters. The van der Waals surface area contributed by atoms with Gasteiger partial charge in [0.1, 0.15) is 12.1 Å². The number of anilines is 2. The fourth-order valence-electron chi connectivity index (χ4n) is 3.96. The summed E-state index contributed by atoms with van der Waals surface area (Å²) >= 11 is 0. The van der Waals surface area contributed by atoms with Gasteiger partial charge in [0.25, 0.3) is 0 Å². The van der Waals surface area contributed by atoms with Gasteiger partial charge in [0.2, 0.25) is 5.95 Å². The molecule has 1 aromatic carbocycles. The summed E-state index contributed by atoms with van der Waals surface area (Å²) in [4.78, 5) is 23.8. The third kappa shape index (κ3) is 5.47. The van der Waals surface area contributed by atoms with Crippen molar-refractivity contribution < 1.29 is 0 Å². The highest BCUT2D eigenvalue weighted by Gasteiger charge is 2.12. The van der Waals surface area contributed by atoms with Crippen LogP contribution in [0.15, 0.2) is 48.9 Å². The normalized spacial score (nSPS) is 14.4. The van der Waals surface area contributed by atoms with Crippen LogP contribution in [0, 0.1) is 0 Å². The third-order valence-electron chi connectivity index (χ3n) is 5.74. The number of aromatic amines is 1. The Kier molecular flexibility index (Phi) is 7.17. The van der Waals surface area contributed by atoms with Crippen LogP contribution in [0.1, 0.15) is 31.0 Å². The molecule has 4 heterocycles. The van der Waals surface area contributed by atoms with Crippen molar-refractivity contribution in [2.24, 2.45) is 0 Å². The largest absolute Gasteiger partial charge is 0.324 e. The SMILES string of the molecule is CC(C)c1cc(-c2ccc3nc(Nc4cc(CN5CCNCC5)ccn4)[nH]c3c2)ncn1.Cl. The van der Waals surface area contributed by atoms with Crippen LogP contribution in [0.2, 0.25) is 0 Å². The Morgan fingerprint density at radius 1 is 1.03 bits per heavy atom. The first kappa shape index (κ1) is 23.1. The number of hydrogen-bond donors (Lipinski definition) is 3. The predicted octanol–water partition coefficient (Wildman–Crippen LogP) is 4.11. The van der Waals surface area contributed by atoms with Gasteiger partial charge in [-0.1, -0.05) is 19.9 Å². The fraction of sp³-hybridized carbons (Fsp3) is 0.333. The summed E-state index contributed by atoms with van der Waals surface area (Å²) in [6.07, 6.45) is 3.48. The summed E-state index contributed by atoms with van der Waals surface area (Å²) < 4.78 is 0. The Morgan fingerprint density at radius 3 is 2.70 bits per heavy atom. The van der Waals surface area contributed by atoms with Crippen molar-refractivity contribution in [1.82, 2.24) is 35.1 Å². The maximum absolute atomic E-state index is 4.68. The van der Waals surface area contributed by atoms with Crippen LogP contribution in [0.3, 0.4) is 0 Å². The van der Waals surface area contributed by atoms with Crippen molar-refractivity contribution in [2.75, 3.05) is 31.5 Å². The summed E-state index contributed by atoms with van der Waals surface area (Å²) in [5.41, 5.74) is 6.07. The Bertz CT molecular complexity index is 1220. The quantitative estimate of drug-likeness (QED) is 0.395. The number of imidazole rings is 1. The fourth-order valence-corrected chi connectivity index (χ4v) is 3.96. The Hall–Kier alpha value is -3.07. The molecule has 172 valence electrons. The van der Waals surface area contributed by atoms with E-state index in [1.807, 2.05) is 18.3 Å². The number of hydrogen-bond acceptors (Lipinski definition) is 7. The number of nitrogens with zero attached hydrogens (tertiary/aromatic N) is 5. The predicted molar refractivity (Wildman–Crippen MR) is 134 cm³/mol. The van der Waals surface area contributed by atoms with Crippen LogP contribution >= 0.6 is 12.4 Å². The zero-order valence-electron chi connectivity index (χ0n) is 18.9. The zero-order valence-corrected chi connectivity index (χ0v) is 19.7. The second kappa shape index (κ2) is 10.2. The van der Waals surface area contributed by atoms with Gasteiger partial charge in [-0.05, 0) is 41.8 Å². The van der Waals surface area contributed by atoms with E-state index in [1.165, 1.54) is 5.56 Å². The summed E-state index contributed by atoms with van der Waals surface area (Å²) in [6.45, 7) is 9.43. The molecular weight excluding hydrogens is 436 g/mol. The maximum Gasteiger partial charge on any atom is 0.206 e. The summed E-state index contributed by atoms with van der Waals surface area (Å²) in [7, 11) is 0. The van der Waals surface area contributed by atoms with Crippen LogP contribution in [0.5, 0.6) is 0 Å². The molecule has 5 rings (SSSR count). The molecule has 1 saturated heterocycles. The molecule has 0 radical (unpaired) electrons. The molecule has 0 aliphatic carbocycles. The molecule has 0 amide bonds. The minimum atomic E-state index is 0. The van der Waals surface area contributed by atoms with Crippen LogP contribution < -0.4 is 10.6 Å². The standard InChI is InChI=1S/C24H28N8.ClH/c1-16(2)20-13-21(28-15-27-20)18-3-4-19-22(12-18)30-24(29-19)31-23-11-17(5-6-26-23)14-32-9-7-25-8-10-32;/h3-6,11-13,15-16,25H,7-10,14H2,1-2H3,(H2,26,29,30,31);1H. The van der Waals surface area contributed by atoms with E-state index in [0.717, 1.165) is 66.5 Å². The number of piperazine rings is 1. The number of H-pyrrole nitrogens is 1. The van der Waals surface area contributed by atoms with E-state index in [4.69, 9.17) is 0 Å². The molecule has 33 heavy (non-hydrogen) atoms. The van der Waals surface area contributed by atoms with E-state index in [0.29, 0.717) is 11.9 Å². The first-order valence-corrected chi connectivity index (χ1v) is 11.1. The summed E-state index contributed by atoms with van der Waals surface area (Å²) in [5.74, 6) is 1.82. The van der Waals surface area contributed by atoms with E-state index in [2.05, 4.69) is 78.6 Å². The van der Waals surface area contributed by atoms with Crippen molar-refractivity contribution in [2.45, 2.75) is 26.3 Å². The van der Waals surface area contributed by atoms with E-state index in [1.54, 1.807) is 6.33 Å². The van der Waals surface area contributed by atoms with Crippen molar-refractivity contribution in [3.63, 3.8) is 0 Å². The molecule has 4 aromatic rings. The highest BCUT2D eigenvalue weighted by Crippen LogP contribution is 2.25. The lowest BCUT2D eigenvalue weighted by Crippen LogP contribution is -2.42. The van der Waals surface area contributed by atoms with Gasteiger partial charge in [-0.15, -0.1) is 12.4 Å². The lowest BCUT2D eigenvalue weighted by atomic mass is 10.1. The van der Waals surface area contributed by atoms with E-state index >= 15 is 0 Å². The van der Waals surface area contributed by atoms with Crippen LogP contribution in [0.4, 0.5) is 11.8 Å². The van der Waals surface area contributed by atoms with Crippen molar-refractivity contribution in [3.8, 4) is 11.3 Å². The van der Waals surface area contributed by atoms with E-state index in [9.17, 15) is 0 Å². The Balaban J connectivity index is 0.00000259. The second-order valence-corrected chi connectivity index (χ2v) is 8.50. The molecule has 0 saturated carbocycles. The number of benzene rings is 1. The average molecular weight is 465 g/mol. The van der Waals surface area contributed by atoms with Gasteiger partial charge < -0.3 is 15.6 Å². The van der Waals surface area contributed by atoms with Crippen molar-refractivity contribution in [1.29, 1.82) is 0 Å². The number of rotatable bonds is 6. The van der Waals surface area contributed by atoms with Gasteiger partial charge in [0.15, 0.2) is 0 Å². The van der Waals surface area contributed by atoms with E-state index < -0.39 is 0 Å². The molecule has 3 N–H and O–H groups in total. The third-order valence-corrected chi connectivity index (χ3v) is 5.74. The van der Waals surface area contributed by atoms with Crippen molar-refractivity contribution >= 4 is 35.2 Å². The Morgan fingerprint density at radius 2 is 1.88 bits per heavy atom. The lowest BCUT2D eigenvalue weighted by Gasteiger charge is -2.27. The molecule has 8 nitrogen and oxygen atoms in total. The number of halogens is 1. The number of nitrogens with one attached hydrogen (secondary N) is 3. The van der Waals surface area contributed by atoms with Gasteiger partial charge in [-0.2, -0.15) is 0 Å². The molecule has 9 heteroatoms. The maximum atomic E-state index is 4.68. The second-order valence-electron chi connectivity index (χ2n) is 8.50. The highest BCUT2D eigenvalue weighted by molar-refractivity contribution is 5.85. The molecule has 3 aromatic heterocycles. The summed E-state index contributed by atoms with van der Waals surface area (Å²) in [6, 6.07) is 12.4. The van der Waals surface area contributed by atoms with Crippen LogP contribution in [-0.2, 0) is 6.54 Å². The van der Waals surface area contributed by atoms with Crippen LogP contribution in [-0.4, -0.2) is 56.0 Å². The molecule has 1 aliphatic heterocycles. The number of pyridine rings is 1. The minimum absolute atomic E-state index is 0. The monoisotopic (exact) mass is 464 g/mol. The van der Waals surface area contributed by atoms with Gasteiger partial charge in [0, 0.05) is 50.2 Å². The van der Waals surface area contributed by atoms with Gasteiger partial charge in [-0.25, -0.2) is 19.9 Å². The minimum Gasteiger partial charge on any atom is -0.324 e. The topological polar surface area (TPSA) is 94.7 Å². The van der Waals surface area contributed by atoms with Gasteiger partial charge in [-0.3, -0.25) is 4.90 Å². The Labute approximate surface area is 199 Å². The van der Waals surface area contributed by atoms with Gasteiger partial charge in [0.05, 0.1) is 16.7 Å². The summed E-state index contributed by atoms with van der Waals surface area (Å²) in [5, 5.41) is 6.71. The molecule has 0 spiro atoms. The van der Waals surface area contributed by atoms with Crippen molar-refractivity contribution in [3.05, 3.63) is 60.2 Å². The molecule has 0 unspecified atom stereocenters. The zero-order chi connectivity index (χ0) is 21.9.